The normalized spacial score (nSPS) is 16.8. The van der Waals surface area contributed by atoms with Gasteiger partial charge in [0.15, 0.2) is 0 Å². The predicted molar refractivity (Wildman–Crippen MR) is 94.9 cm³/mol. The standard InChI is InChI=1S/C19H31N3O/c1-6-17-16(7-8-18(20-17)14(2)3)19(23)22(5)13-15-9-11-21(4)12-10-15/h7-8,14-15H,6,9-13H2,1-5H3. The van der Waals surface area contributed by atoms with E-state index in [9.17, 15) is 4.79 Å². The molecule has 128 valence electrons. The first-order chi connectivity index (χ1) is 10.9. The van der Waals surface area contributed by atoms with E-state index in [-0.39, 0.29) is 5.91 Å². The fourth-order valence-corrected chi connectivity index (χ4v) is 3.22. The van der Waals surface area contributed by atoms with Gasteiger partial charge in [-0.05, 0) is 63.4 Å². The highest BCUT2D eigenvalue weighted by Crippen LogP contribution is 2.20. The second-order valence-corrected chi connectivity index (χ2v) is 7.17. The van der Waals surface area contributed by atoms with Crippen LogP contribution in [0.25, 0.3) is 0 Å². The number of hydrogen-bond donors (Lipinski definition) is 0. The molecule has 1 saturated heterocycles. The maximum absolute atomic E-state index is 12.8. The van der Waals surface area contributed by atoms with Crippen LogP contribution in [-0.4, -0.2) is 54.4 Å². The number of nitrogens with zero attached hydrogens (tertiary/aromatic N) is 3. The SMILES string of the molecule is CCc1nc(C(C)C)ccc1C(=O)N(C)CC1CCN(C)CC1. The van der Waals surface area contributed by atoms with Gasteiger partial charge in [0.2, 0.25) is 0 Å². The van der Waals surface area contributed by atoms with E-state index >= 15 is 0 Å². The Bertz CT molecular complexity index is 533. The van der Waals surface area contributed by atoms with Crippen LogP contribution in [0.2, 0.25) is 0 Å². The summed E-state index contributed by atoms with van der Waals surface area (Å²) in [6.45, 7) is 9.46. The molecular weight excluding hydrogens is 286 g/mol. The number of aromatic nitrogens is 1. The van der Waals surface area contributed by atoms with Crippen molar-refractivity contribution in [3.8, 4) is 0 Å². The van der Waals surface area contributed by atoms with Crippen LogP contribution in [0.5, 0.6) is 0 Å². The smallest absolute Gasteiger partial charge is 0.255 e. The molecule has 2 rings (SSSR count). The molecule has 4 nitrogen and oxygen atoms in total. The number of hydrogen-bond acceptors (Lipinski definition) is 3. The van der Waals surface area contributed by atoms with E-state index in [0.717, 1.165) is 43.0 Å². The lowest BCUT2D eigenvalue weighted by atomic mass is 9.96. The fourth-order valence-electron chi connectivity index (χ4n) is 3.22. The molecule has 0 atom stereocenters. The molecule has 1 aliphatic rings. The van der Waals surface area contributed by atoms with Gasteiger partial charge in [-0.25, -0.2) is 0 Å². The molecule has 0 saturated carbocycles. The Kier molecular flexibility index (Phi) is 6.17. The number of carbonyl (C=O) groups excluding carboxylic acids is 1. The van der Waals surface area contributed by atoms with Crippen LogP contribution in [0.4, 0.5) is 0 Å². The maximum atomic E-state index is 12.8. The molecule has 0 radical (unpaired) electrons. The molecule has 1 fully saturated rings. The van der Waals surface area contributed by atoms with Gasteiger partial charge in [0.1, 0.15) is 0 Å². The third kappa shape index (κ3) is 4.54. The van der Waals surface area contributed by atoms with E-state index in [1.165, 1.54) is 12.8 Å². The van der Waals surface area contributed by atoms with Crippen molar-refractivity contribution in [2.75, 3.05) is 33.7 Å². The minimum absolute atomic E-state index is 0.114. The van der Waals surface area contributed by atoms with Crippen LogP contribution in [0.15, 0.2) is 12.1 Å². The molecule has 0 aromatic carbocycles. The van der Waals surface area contributed by atoms with Gasteiger partial charge < -0.3 is 9.80 Å². The molecule has 0 unspecified atom stereocenters. The molecule has 1 aromatic heterocycles. The lowest BCUT2D eigenvalue weighted by Gasteiger charge is -2.31. The Morgan fingerprint density at radius 1 is 1.35 bits per heavy atom. The molecule has 0 aliphatic carbocycles. The highest BCUT2D eigenvalue weighted by atomic mass is 16.2. The first-order valence-corrected chi connectivity index (χ1v) is 8.86. The third-order valence-corrected chi connectivity index (χ3v) is 4.87. The zero-order valence-electron chi connectivity index (χ0n) is 15.3. The summed E-state index contributed by atoms with van der Waals surface area (Å²) in [5, 5.41) is 0. The minimum atomic E-state index is 0.114. The molecule has 0 spiro atoms. The molecular formula is C19H31N3O. The van der Waals surface area contributed by atoms with E-state index in [2.05, 4.69) is 32.7 Å². The van der Waals surface area contributed by atoms with Gasteiger partial charge in [0.05, 0.1) is 11.3 Å². The summed E-state index contributed by atoms with van der Waals surface area (Å²) >= 11 is 0. The lowest BCUT2D eigenvalue weighted by molar-refractivity contribution is 0.0745. The van der Waals surface area contributed by atoms with E-state index in [1.54, 1.807) is 0 Å². The Morgan fingerprint density at radius 3 is 2.57 bits per heavy atom. The molecule has 1 amide bonds. The molecule has 4 heteroatoms. The van der Waals surface area contributed by atoms with Crippen molar-refractivity contribution >= 4 is 5.91 Å². The van der Waals surface area contributed by atoms with Crippen LogP contribution in [-0.2, 0) is 6.42 Å². The minimum Gasteiger partial charge on any atom is -0.341 e. The molecule has 1 aliphatic heterocycles. The zero-order chi connectivity index (χ0) is 17.0. The largest absolute Gasteiger partial charge is 0.341 e. The monoisotopic (exact) mass is 317 g/mol. The van der Waals surface area contributed by atoms with E-state index < -0.39 is 0 Å². The summed E-state index contributed by atoms with van der Waals surface area (Å²) in [6.07, 6.45) is 3.16. The van der Waals surface area contributed by atoms with Crippen molar-refractivity contribution < 1.29 is 4.79 Å². The zero-order valence-corrected chi connectivity index (χ0v) is 15.3. The highest BCUT2D eigenvalue weighted by Gasteiger charge is 2.22. The molecule has 0 N–H and O–H groups in total. The van der Waals surface area contributed by atoms with Crippen LogP contribution in [0.1, 0.15) is 61.3 Å². The van der Waals surface area contributed by atoms with Crippen LogP contribution >= 0.6 is 0 Å². The van der Waals surface area contributed by atoms with E-state index in [1.807, 2.05) is 24.1 Å². The number of amides is 1. The number of likely N-dealkylation sites (tertiary alicyclic amines) is 1. The summed E-state index contributed by atoms with van der Waals surface area (Å²) in [4.78, 5) is 21.8. The van der Waals surface area contributed by atoms with Crippen molar-refractivity contribution in [3.63, 3.8) is 0 Å². The summed E-state index contributed by atoms with van der Waals surface area (Å²) in [5.74, 6) is 1.12. The summed E-state index contributed by atoms with van der Waals surface area (Å²) in [7, 11) is 4.09. The van der Waals surface area contributed by atoms with Gasteiger partial charge in [-0.1, -0.05) is 20.8 Å². The molecule has 23 heavy (non-hydrogen) atoms. The Morgan fingerprint density at radius 2 is 2.00 bits per heavy atom. The first kappa shape index (κ1) is 17.9. The lowest BCUT2D eigenvalue weighted by Crippen LogP contribution is -2.38. The van der Waals surface area contributed by atoms with Gasteiger partial charge >= 0.3 is 0 Å². The van der Waals surface area contributed by atoms with Gasteiger partial charge in [0.25, 0.3) is 5.91 Å². The number of aryl methyl sites for hydroxylation is 1. The number of piperidine rings is 1. The van der Waals surface area contributed by atoms with Gasteiger partial charge in [-0.15, -0.1) is 0 Å². The molecule has 2 heterocycles. The average Bonchev–Trinajstić information content (AvgIpc) is 2.55. The van der Waals surface area contributed by atoms with Crippen LogP contribution < -0.4 is 0 Å². The number of carbonyl (C=O) groups is 1. The Labute approximate surface area is 140 Å². The molecule has 1 aromatic rings. The quantitative estimate of drug-likeness (QED) is 0.837. The second-order valence-electron chi connectivity index (χ2n) is 7.17. The van der Waals surface area contributed by atoms with Crippen LogP contribution in [0, 0.1) is 5.92 Å². The van der Waals surface area contributed by atoms with Crippen molar-refractivity contribution in [1.29, 1.82) is 0 Å². The molecule has 0 bridgehead atoms. The highest BCUT2D eigenvalue weighted by molar-refractivity contribution is 5.95. The second kappa shape index (κ2) is 7.91. The summed E-state index contributed by atoms with van der Waals surface area (Å²) in [5.41, 5.74) is 2.76. The maximum Gasteiger partial charge on any atom is 0.255 e. The summed E-state index contributed by atoms with van der Waals surface area (Å²) in [6, 6.07) is 3.97. The van der Waals surface area contributed by atoms with Gasteiger partial charge in [-0.3, -0.25) is 9.78 Å². The van der Waals surface area contributed by atoms with Crippen LogP contribution in [0.3, 0.4) is 0 Å². The van der Waals surface area contributed by atoms with E-state index in [0.29, 0.717) is 11.8 Å². The predicted octanol–water partition coefficient (Wildman–Crippen LogP) is 3.18. The number of pyridine rings is 1. The van der Waals surface area contributed by atoms with Gasteiger partial charge in [-0.2, -0.15) is 0 Å². The third-order valence-electron chi connectivity index (χ3n) is 4.87. The van der Waals surface area contributed by atoms with Crippen molar-refractivity contribution in [2.24, 2.45) is 5.92 Å². The van der Waals surface area contributed by atoms with Crippen molar-refractivity contribution in [3.05, 3.63) is 29.1 Å². The topological polar surface area (TPSA) is 36.4 Å². The van der Waals surface area contributed by atoms with Crippen molar-refractivity contribution in [1.82, 2.24) is 14.8 Å². The fraction of sp³-hybridized carbons (Fsp3) is 0.684. The Balaban J connectivity index is 2.06. The Hall–Kier alpha value is -1.42. The van der Waals surface area contributed by atoms with E-state index in [4.69, 9.17) is 4.98 Å². The summed E-state index contributed by atoms with van der Waals surface area (Å²) < 4.78 is 0. The van der Waals surface area contributed by atoms with Crippen molar-refractivity contribution in [2.45, 2.75) is 46.0 Å². The number of rotatable bonds is 5. The van der Waals surface area contributed by atoms with Gasteiger partial charge in [0, 0.05) is 19.3 Å². The first-order valence-electron chi connectivity index (χ1n) is 8.86. The average molecular weight is 317 g/mol.